The van der Waals surface area contributed by atoms with Crippen molar-refractivity contribution < 1.29 is 19.1 Å². The van der Waals surface area contributed by atoms with Crippen LogP contribution >= 0.6 is 11.6 Å². The molecule has 7 nitrogen and oxygen atoms in total. The number of ether oxygens (including phenoxy) is 1. The first-order valence-electron chi connectivity index (χ1n) is 10.5. The van der Waals surface area contributed by atoms with E-state index in [9.17, 15) is 14.4 Å². The standard InChI is InChI=1S/C26H22ClN3O4/c1-15-7-12-20(13-16(15)2)30-25(32)22(27)23(26(30)33)28-18-10-8-17(9-11-18)24(31)29-19-5-4-6-21(14-19)34-3/h4-14,28H,1-3H3,(H,29,31). The molecule has 0 unspecified atom stereocenters. The van der Waals surface area contributed by atoms with Gasteiger partial charge in [0.05, 0.1) is 12.8 Å². The molecule has 2 N–H and O–H groups in total. The van der Waals surface area contributed by atoms with E-state index in [1.807, 2.05) is 19.9 Å². The quantitative estimate of drug-likeness (QED) is 0.490. The number of methoxy groups -OCH3 is 1. The minimum Gasteiger partial charge on any atom is -0.497 e. The van der Waals surface area contributed by atoms with Crippen molar-refractivity contribution in [3.63, 3.8) is 0 Å². The molecule has 4 rings (SSSR count). The van der Waals surface area contributed by atoms with Gasteiger partial charge in [-0.1, -0.05) is 23.7 Å². The fraction of sp³-hybridized carbons (Fsp3) is 0.115. The zero-order chi connectivity index (χ0) is 24.4. The predicted molar refractivity (Wildman–Crippen MR) is 132 cm³/mol. The third-order valence-corrected chi connectivity index (χ3v) is 5.87. The summed E-state index contributed by atoms with van der Waals surface area (Å²) in [5.74, 6) is -0.803. The fourth-order valence-electron chi connectivity index (χ4n) is 3.46. The van der Waals surface area contributed by atoms with Crippen LogP contribution in [0.4, 0.5) is 17.1 Å². The van der Waals surface area contributed by atoms with Crippen molar-refractivity contribution in [2.75, 3.05) is 22.6 Å². The van der Waals surface area contributed by atoms with Crippen molar-refractivity contribution in [1.82, 2.24) is 0 Å². The van der Waals surface area contributed by atoms with E-state index in [4.69, 9.17) is 16.3 Å². The largest absolute Gasteiger partial charge is 0.497 e. The first kappa shape index (κ1) is 23.1. The van der Waals surface area contributed by atoms with E-state index in [1.54, 1.807) is 67.8 Å². The number of carbonyl (C=O) groups is 3. The lowest BCUT2D eigenvalue weighted by Crippen LogP contribution is -2.32. The monoisotopic (exact) mass is 475 g/mol. The Balaban J connectivity index is 1.48. The third kappa shape index (κ3) is 4.51. The zero-order valence-corrected chi connectivity index (χ0v) is 19.6. The highest BCUT2D eigenvalue weighted by Gasteiger charge is 2.39. The van der Waals surface area contributed by atoms with Crippen LogP contribution < -0.4 is 20.3 Å². The molecule has 3 aromatic carbocycles. The normalized spacial score (nSPS) is 13.4. The van der Waals surface area contributed by atoms with Gasteiger partial charge >= 0.3 is 0 Å². The molecule has 0 fully saturated rings. The number of aryl methyl sites for hydroxylation is 2. The van der Waals surface area contributed by atoms with Gasteiger partial charge in [0, 0.05) is 23.0 Å². The SMILES string of the molecule is COc1cccc(NC(=O)c2ccc(NC3=C(Cl)C(=O)N(c4ccc(C)c(C)c4)C3=O)cc2)c1. The van der Waals surface area contributed by atoms with Crippen LogP contribution in [0.1, 0.15) is 21.5 Å². The first-order chi connectivity index (χ1) is 16.3. The van der Waals surface area contributed by atoms with Gasteiger partial charge < -0.3 is 15.4 Å². The smallest absolute Gasteiger partial charge is 0.283 e. The molecule has 8 heteroatoms. The Morgan fingerprint density at radius 1 is 0.882 bits per heavy atom. The van der Waals surface area contributed by atoms with E-state index in [-0.39, 0.29) is 16.6 Å². The molecule has 3 aromatic rings. The van der Waals surface area contributed by atoms with Crippen LogP contribution in [0.3, 0.4) is 0 Å². The fourth-order valence-corrected chi connectivity index (χ4v) is 3.68. The number of anilines is 3. The van der Waals surface area contributed by atoms with Gasteiger partial charge in [0.1, 0.15) is 16.5 Å². The number of halogens is 1. The van der Waals surface area contributed by atoms with Gasteiger partial charge in [0.25, 0.3) is 17.7 Å². The van der Waals surface area contributed by atoms with Gasteiger partial charge in [0.2, 0.25) is 0 Å². The molecule has 3 amide bonds. The Morgan fingerprint density at radius 3 is 2.29 bits per heavy atom. The summed E-state index contributed by atoms with van der Waals surface area (Å²) in [7, 11) is 1.55. The van der Waals surface area contributed by atoms with E-state index in [0.717, 1.165) is 16.0 Å². The Bertz CT molecular complexity index is 1330. The molecule has 1 aliphatic rings. The van der Waals surface area contributed by atoms with Crippen molar-refractivity contribution in [3.8, 4) is 5.75 Å². The Kier molecular flexibility index (Phi) is 6.38. The third-order valence-electron chi connectivity index (χ3n) is 5.52. The van der Waals surface area contributed by atoms with Crippen LogP contribution in [0, 0.1) is 13.8 Å². The maximum Gasteiger partial charge on any atom is 0.283 e. The average Bonchev–Trinajstić information content (AvgIpc) is 3.04. The lowest BCUT2D eigenvalue weighted by atomic mass is 10.1. The highest BCUT2D eigenvalue weighted by molar-refractivity contribution is 6.53. The minimum absolute atomic E-state index is 0.0153. The van der Waals surface area contributed by atoms with E-state index in [0.29, 0.717) is 28.4 Å². The average molecular weight is 476 g/mol. The molecule has 0 saturated carbocycles. The summed E-state index contributed by atoms with van der Waals surface area (Å²) in [4.78, 5) is 39.3. The van der Waals surface area contributed by atoms with E-state index in [2.05, 4.69) is 10.6 Å². The number of rotatable bonds is 6. The van der Waals surface area contributed by atoms with Gasteiger partial charge in [-0.25, -0.2) is 4.90 Å². The second-order valence-electron chi connectivity index (χ2n) is 7.79. The van der Waals surface area contributed by atoms with E-state index in [1.165, 1.54) is 0 Å². The highest BCUT2D eigenvalue weighted by atomic mass is 35.5. The molecule has 0 radical (unpaired) electrons. The van der Waals surface area contributed by atoms with Crippen molar-refractivity contribution in [2.24, 2.45) is 0 Å². The molecule has 1 heterocycles. The van der Waals surface area contributed by atoms with Crippen LogP contribution in [0.15, 0.2) is 77.5 Å². The topological polar surface area (TPSA) is 87.7 Å². The summed E-state index contributed by atoms with van der Waals surface area (Å²) in [5, 5.41) is 5.53. The van der Waals surface area contributed by atoms with Crippen molar-refractivity contribution in [3.05, 3.63) is 94.1 Å². The molecule has 34 heavy (non-hydrogen) atoms. The van der Waals surface area contributed by atoms with Gasteiger partial charge in [-0.3, -0.25) is 14.4 Å². The first-order valence-corrected chi connectivity index (χ1v) is 10.8. The van der Waals surface area contributed by atoms with Crippen LogP contribution in [-0.2, 0) is 9.59 Å². The molecular formula is C26H22ClN3O4. The van der Waals surface area contributed by atoms with Crippen molar-refractivity contribution in [1.29, 1.82) is 0 Å². The molecule has 0 bridgehead atoms. The van der Waals surface area contributed by atoms with Gasteiger partial charge in [0.15, 0.2) is 0 Å². The van der Waals surface area contributed by atoms with E-state index < -0.39 is 11.8 Å². The van der Waals surface area contributed by atoms with E-state index >= 15 is 0 Å². The lowest BCUT2D eigenvalue weighted by molar-refractivity contribution is -0.120. The molecule has 0 aliphatic carbocycles. The molecule has 172 valence electrons. The van der Waals surface area contributed by atoms with Gasteiger partial charge in [-0.05, 0) is 73.5 Å². The molecule has 0 aromatic heterocycles. The van der Waals surface area contributed by atoms with Crippen LogP contribution in [0.2, 0.25) is 0 Å². The molecule has 0 atom stereocenters. The second-order valence-corrected chi connectivity index (χ2v) is 8.17. The molecule has 1 aliphatic heterocycles. The van der Waals surface area contributed by atoms with Crippen LogP contribution in [-0.4, -0.2) is 24.8 Å². The molecular weight excluding hydrogens is 454 g/mol. The van der Waals surface area contributed by atoms with Crippen molar-refractivity contribution >= 4 is 46.4 Å². The summed E-state index contributed by atoms with van der Waals surface area (Å²) in [6.07, 6.45) is 0. The van der Waals surface area contributed by atoms with Crippen LogP contribution in [0.25, 0.3) is 0 Å². The second kappa shape index (κ2) is 9.41. The number of nitrogens with one attached hydrogen (secondary N) is 2. The van der Waals surface area contributed by atoms with Crippen molar-refractivity contribution in [2.45, 2.75) is 13.8 Å². The zero-order valence-electron chi connectivity index (χ0n) is 18.8. The summed E-state index contributed by atoms with van der Waals surface area (Å²) < 4.78 is 5.16. The number of carbonyl (C=O) groups excluding carboxylic acids is 3. The van der Waals surface area contributed by atoms with Crippen LogP contribution in [0.5, 0.6) is 5.75 Å². The Labute approximate surface area is 202 Å². The number of hydrogen-bond acceptors (Lipinski definition) is 5. The number of benzene rings is 3. The number of amides is 3. The summed E-state index contributed by atoms with van der Waals surface area (Å²) in [5.41, 5.74) is 3.98. The number of nitrogens with zero attached hydrogens (tertiary/aromatic N) is 1. The number of hydrogen-bond donors (Lipinski definition) is 2. The molecule has 0 spiro atoms. The maximum atomic E-state index is 13.0. The minimum atomic E-state index is -0.591. The number of imide groups is 1. The Morgan fingerprint density at radius 2 is 1.62 bits per heavy atom. The Hall–Kier alpha value is -4.10. The van der Waals surface area contributed by atoms with Gasteiger partial charge in [-0.2, -0.15) is 0 Å². The summed E-state index contributed by atoms with van der Waals surface area (Å²) in [6.45, 7) is 3.86. The maximum absolute atomic E-state index is 13.0. The predicted octanol–water partition coefficient (Wildman–Crippen LogP) is 5.00. The van der Waals surface area contributed by atoms with Gasteiger partial charge in [-0.15, -0.1) is 0 Å². The molecule has 0 saturated heterocycles. The lowest BCUT2D eigenvalue weighted by Gasteiger charge is -2.16. The summed E-state index contributed by atoms with van der Waals surface area (Å²) >= 11 is 6.22. The summed E-state index contributed by atoms with van der Waals surface area (Å²) in [6, 6.07) is 18.8. The highest BCUT2D eigenvalue weighted by Crippen LogP contribution is 2.31.